The van der Waals surface area contributed by atoms with Crippen LogP contribution in [0.2, 0.25) is 10.2 Å². The quantitative estimate of drug-likeness (QED) is 0.731. The van der Waals surface area contributed by atoms with Gasteiger partial charge in [-0.2, -0.15) is 0 Å². The van der Waals surface area contributed by atoms with Crippen molar-refractivity contribution in [1.29, 1.82) is 0 Å². The van der Waals surface area contributed by atoms with Gasteiger partial charge in [0, 0.05) is 16.8 Å². The van der Waals surface area contributed by atoms with Crippen LogP contribution in [0.5, 0.6) is 0 Å². The number of Topliss-reactive ketones (excluding diaryl/α,β-unsaturated/α-hetero) is 1. The van der Waals surface area contributed by atoms with Gasteiger partial charge >= 0.3 is 0 Å². The number of halogens is 2. The van der Waals surface area contributed by atoms with Crippen LogP contribution in [0, 0.1) is 0 Å². The standard InChI is InChI=1S/C10H9Cl2NO/c1-6(14)10(2-3-10)7-5-13-9(12)4-8(7)11/h4-5H,2-3H2,1H3. The molecule has 2 rings (SSSR count). The molecule has 1 fully saturated rings. The van der Waals surface area contributed by atoms with Crippen molar-refractivity contribution in [2.75, 3.05) is 0 Å². The topological polar surface area (TPSA) is 30.0 Å². The highest BCUT2D eigenvalue weighted by atomic mass is 35.5. The van der Waals surface area contributed by atoms with Crippen LogP contribution in [0.25, 0.3) is 0 Å². The summed E-state index contributed by atoms with van der Waals surface area (Å²) in [5.41, 5.74) is 0.449. The average Bonchev–Trinajstić information content (AvgIpc) is 2.84. The van der Waals surface area contributed by atoms with Gasteiger partial charge < -0.3 is 0 Å². The first-order valence-electron chi connectivity index (χ1n) is 4.39. The molecule has 1 aliphatic rings. The van der Waals surface area contributed by atoms with Gasteiger partial charge in [-0.1, -0.05) is 23.2 Å². The summed E-state index contributed by atoms with van der Waals surface area (Å²) in [4.78, 5) is 15.4. The first-order valence-corrected chi connectivity index (χ1v) is 5.14. The van der Waals surface area contributed by atoms with Crippen LogP contribution < -0.4 is 0 Å². The number of carbonyl (C=O) groups excluding carboxylic acids is 1. The minimum atomic E-state index is -0.366. The lowest BCUT2D eigenvalue weighted by Gasteiger charge is -2.12. The number of pyridine rings is 1. The van der Waals surface area contributed by atoms with E-state index in [0.717, 1.165) is 18.4 Å². The molecule has 1 aromatic rings. The Labute approximate surface area is 92.2 Å². The molecule has 0 aromatic carbocycles. The van der Waals surface area contributed by atoms with E-state index in [0.29, 0.717) is 10.2 Å². The number of ketones is 1. The van der Waals surface area contributed by atoms with Gasteiger partial charge in [0.25, 0.3) is 0 Å². The summed E-state index contributed by atoms with van der Waals surface area (Å²) in [5.74, 6) is 0.156. The van der Waals surface area contributed by atoms with Gasteiger partial charge in [0.1, 0.15) is 10.9 Å². The van der Waals surface area contributed by atoms with E-state index in [9.17, 15) is 4.79 Å². The molecule has 0 aliphatic heterocycles. The van der Waals surface area contributed by atoms with Crippen LogP contribution in [0.3, 0.4) is 0 Å². The molecule has 2 nitrogen and oxygen atoms in total. The zero-order chi connectivity index (χ0) is 10.3. The van der Waals surface area contributed by atoms with Gasteiger partial charge in [-0.05, 0) is 25.8 Å². The summed E-state index contributed by atoms with van der Waals surface area (Å²) in [7, 11) is 0. The average molecular weight is 230 g/mol. The molecule has 0 spiro atoms. The SMILES string of the molecule is CC(=O)C1(c2cnc(Cl)cc2Cl)CC1. The summed E-state index contributed by atoms with van der Waals surface area (Å²) in [5, 5.41) is 0.899. The smallest absolute Gasteiger partial charge is 0.140 e. The Morgan fingerprint density at radius 2 is 2.14 bits per heavy atom. The fraction of sp³-hybridized carbons (Fsp3) is 0.400. The largest absolute Gasteiger partial charge is 0.299 e. The van der Waals surface area contributed by atoms with E-state index in [1.165, 1.54) is 0 Å². The van der Waals surface area contributed by atoms with Crippen molar-refractivity contribution in [2.45, 2.75) is 25.2 Å². The van der Waals surface area contributed by atoms with Gasteiger partial charge in [0.05, 0.1) is 5.41 Å². The summed E-state index contributed by atoms with van der Waals surface area (Å²) in [6.45, 7) is 1.60. The predicted octanol–water partition coefficient (Wildman–Crippen LogP) is 3.01. The maximum absolute atomic E-state index is 11.4. The Morgan fingerprint density at radius 3 is 2.57 bits per heavy atom. The van der Waals surface area contributed by atoms with Gasteiger partial charge in [0.2, 0.25) is 0 Å². The Kier molecular flexibility index (Phi) is 2.28. The molecule has 14 heavy (non-hydrogen) atoms. The van der Waals surface area contributed by atoms with Crippen LogP contribution in [0.1, 0.15) is 25.3 Å². The highest BCUT2D eigenvalue weighted by molar-refractivity contribution is 6.34. The van der Waals surface area contributed by atoms with E-state index in [1.54, 1.807) is 19.2 Å². The van der Waals surface area contributed by atoms with E-state index < -0.39 is 0 Å². The zero-order valence-electron chi connectivity index (χ0n) is 7.68. The maximum Gasteiger partial charge on any atom is 0.140 e. The van der Waals surface area contributed by atoms with Crippen molar-refractivity contribution >= 4 is 29.0 Å². The second kappa shape index (κ2) is 3.21. The summed E-state index contributed by atoms with van der Waals surface area (Å²) >= 11 is 11.7. The van der Waals surface area contributed by atoms with E-state index >= 15 is 0 Å². The van der Waals surface area contributed by atoms with E-state index in [4.69, 9.17) is 23.2 Å². The fourth-order valence-electron chi connectivity index (χ4n) is 1.70. The van der Waals surface area contributed by atoms with Crippen molar-refractivity contribution in [2.24, 2.45) is 0 Å². The van der Waals surface area contributed by atoms with E-state index in [2.05, 4.69) is 4.98 Å². The fourth-order valence-corrected chi connectivity index (χ4v) is 2.24. The summed E-state index contributed by atoms with van der Waals surface area (Å²) in [6.07, 6.45) is 3.34. The minimum absolute atomic E-state index is 0.156. The monoisotopic (exact) mass is 229 g/mol. The van der Waals surface area contributed by atoms with Crippen LogP contribution in [-0.4, -0.2) is 10.8 Å². The highest BCUT2D eigenvalue weighted by Crippen LogP contribution is 2.51. The number of hydrogen-bond donors (Lipinski definition) is 0. The lowest BCUT2D eigenvalue weighted by atomic mass is 9.94. The minimum Gasteiger partial charge on any atom is -0.299 e. The molecule has 1 aliphatic carbocycles. The van der Waals surface area contributed by atoms with Crippen LogP contribution >= 0.6 is 23.2 Å². The molecule has 1 saturated carbocycles. The van der Waals surface area contributed by atoms with Crippen molar-refractivity contribution in [3.8, 4) is 0 Å². The molecule has 4 heteroatoms. The first kappa shape index (κ1) is 9.94. The van der Waals surface area contributed by atoms with E-state index in [1.807, 2.05) is 0 Å². The molecule has 0 amide bonds. The Hall–Kier alpha value is -0.600. The molecular formula is C10H9Cl2NO. The summed E-state index contributed by atoms with van der Waals surface area (Å²) in [6, 6.07) is 1.58. The molecule has 0 bridgehead atoms. The first-order chi connectivity index (χ1) is 6.56. The van der Waals surface area contributed by atoms with Crippen molar-refractivity contribution < 1.29 is 4.79 Å². The van der Waals surface area contributed by atoms with Gasteiger partial charge in [0.15, 0.2) is 0 Å². The van der Waals surface area contributed by atoms with Crippen molar-refractivity contribution in [1.82, 2.24) is 4.98 Å². The highest BCUT2D eigenvalue weighted by Gasteiger charge is 2.50. The molecule has 0 radical (unpaired) electrons. The lowest BCUT2D eigenvalue weighted by Crippen LogP contribution is -2.17. The number of hydrogen-bond acceptors (Lipinski definition) is 2. The molecule has 0 N–H and O–H groups in total. The molecule has 0 saturated heterocycles. The second-order valence-electron chi connectivity index (χ2n) is 3.63. The Bertz CT molecular complexity index is 399. The molecule has 74 valence electrons. The third-order valence-electron chi connectivity index (χ3n) is 2.76. The lowest BCUT2D eigenvalue weighted by molar-refractivity contribution is -0.119. The normalized spacial score (nSPS) is 17.9. The van der Waals surface area contributed by atoms with E-state index in [-0.39, 0.29) is 11.2 Å². The van der Waals surface area contributed by atoms with Crippen LogP contribution in [-0.2, 0) is 10.2 Å². The van der Waals surface area contributed by atoms with Crippen molar-refractivity contribution in [3.05, 3.63) is 28.0 Å². The zero-order valence-corrected chi connectivity index (χ0v) is 9.19. The third-order valence-corrected chi connectivity index (χ3v) is 3.28. The van der Waals surface area contributed by atoms with Crippen molar-refractivity contribution in [3.63, 3.8) is 0 Å². The number of carbonyl (C=O) groups is 1. The maximum atomic E-state index is 11.4. The molecule has 0 unspecified atom stereocenters. The second-order valence-corrected chi connectivity index (χ2v) is 4.42. The predicted molar refractivity (Wildman–Crippen MR) is 55.9 cm³/mol. The Morgan fingerprint density at radius 1 is 1.50 bits per heavy atom. The molecule has 1 aromatic heterocycles. The summed E-state index contributed by atoms with van der Waals surface area (Å²) < 4.78 is 0. The third kappa shape index (κ3) is 1.43. The van der Waals surface area contributed by atoms with Gasteiger partial charge in [-0.15, -0.1) is 0 Å². The van der Waals surface area contributed by atoms with Gasteiger partial charge in [-0.3, -0.25) is 4.79 Å². The molecular weight excluding hydrogens is 221 g/mol. The van der Waals surface area contributed by atoms with Gasteiger partial charge in [-0.25, -0.2) is 4.98 Å². The number of aromatic nitrogens is 1. The molecule has 0 atom stereocenters. The molecule has 1 heterocycles. The number of rotatable bonds is 2. The van der Waals surface area contributed by atoms with Crippen LogP contribution in [0.15, 0.2) is 12.3 Å². The number of nitrogens with zero attached hydrogens (tertiary/aromatic N) is 1. The van der Waals surface area contributed by atoms with Crippen LogP contribution in [0.4, 0.5) is 0 Å². The Balaban J connectivity index is 2.47.